The molecule has 0 spiro atoms. The first kappa shape index (κ1) is 16.5. The Morgan fingerprint density at radius 2 is 2.09 bits per heavy atom. The second-order valence-corrected chi connectivity index (χ2v) is 4.96. The van der Waals surface area contributed by atoms with E-state index in [-0.39, 0.29) is 11.3 Å². The van der Waals surface area contributed by atoms with Crippen LogP contribution in [0.2, 0.25) is 5.02 Å². The third kappa shape index (κ3) is 4.31. The Morgan fingerprint density at radius 3 is 2.74 bits per heavy atom. The molecule has 0 saturated carbocycles. The molecule has 0 aliphatic carbocycles. The van der Waals surface area contributed by atoms with E-state index in [0.717, 1.165) is 0 Å². The van der Waals surface area contributed by atoms with Crippen molar-refractivity contribution in [3.63, 3.8) is 0 Å². The minimum atomic E-state index is -0.712. The van der Waals surface area contributed by atoms with Crippen LogP contribution in [0.25, 0.3) is 6.08 Å². The molecule has 4 nitrogen and oxygen atoms in total. The highest BCUT2D eigenvalue weighted by atomic mass is 35.5. The lowest BCUT2D eigenvalue weighted by Crippen LogP contribution is -2.14. The van der Waals surface area contributed by atoms with Crippen LogP contribution in [0.5, 0.6) is 5.75 Å². The topological polar surface area (TPSA) is 62.1 Å². The maximum atomic E-state index is 13.5. The minimum Gasteiger partial charge on any atom is -0.497 e. The maximum absolute atomic E-state index is 13.5. The summed E-state index contributed by atoms with van der Waals surface area (Å²) in [6.07, 6.45) is 1.35. The van der Waals surface area contributed by atoms with Crippen LogP contribution >= 0.6 is 11.6 Å². The molecule has 0 atom stereocenters. The van der Waals surface area contributed by atoms with Gasteiger partial charge in [-0.15, -0.1) is 0 Å². The molecule has 1 N–H and O–H groups in total. The van der Waals surface area contributed by atoms with Crippen LogP contribution in [-0.2, 0) is 4.79 Å². The maximum Gasteiger partial charge on any atom is 0.266 e. The normalized spacial score (nSPS) is 10.8. The van der Waals surface area contributed by atoms with Gasteiger partial charge < -0.3 is 10.1 Å². The number of carbonyl (C=O) groups excluding carboxylic acids is 1. The molecule has 0 fully saturated rings. The predicted molar refractivity (Wildman–Crippen MR) is 86.6 cm³/mol. The Hall–Kier alpha value is -2.84. The Bertz CT molecular complexity index is 812. The summed E-state index contributed by atoms with van der Waals surface area (Å²) in [7, 11) is 1.48. The average molecular weight is 331 g/mol. The SMILES string of the molecule is COc1cc(Cl)cc(/C=C(\C#N)C(=O)Nc2ccccc2F)c1. The summed E-state index contributed by atoms with van der Waals surface area (Å²) in [5.41, 5.74) is 0.342. The first-order valence-electron chi connectivity index (χ1n) is 6.55. The third-order valence-corrected chi connectivity index (χ3v) is 3.15. The van der Waals surface area contributed by atoms with Gasteiger partial charge in [-0.05, 0) is 42.0 Å². The van der Waals surface area contributed by atoms with Gasteiger partial charge in [0.2, 0.25) is 0 Å². The highest BCUT2D eigenvalue weighted by Gasteiger charge is 2.12. The Labute approximate surface area is 137 Å². The van der Waals surface area contributed by atoms with E-state index in [4.69, 9.17) is 21.6 Å². The van der Waals surface area contributed by atoms with Crippen LogP contribution in [0.4, 0.5) is 10.1 Å². The second kappa shape index (κ2) is 7.43. The fourth-order valence-corrected chi connectivity index (χ4v) is 2.09. The summed E-state index contributed by atoms with van der Waals surface area (Å²) in [5.74, 6) is -0.797. The first-order chi connectivity index (χ1) is 11.0. The lowest BCUT2D eigenvalue weighted by atomic mass is 10.1. The molecule has 0 heterocycles. The van der Waals surface area contributed by atoms with Gasteiger partial charge in [0.05, 0.1) is 12.8 Å². The van der Waals surface area contributed by atoms with Gasteiger partial charge in [0.25, 0.3) is 5.91 Å². The standard InChI is InChI=1S/C17H12ClFN2O2/c1-23-14-8-11(7-13(18)9-14)6-12(10-20)17(22)21-16-5-3-2-4-15(16)19/h2-9H,1H3,(H,21,22)/b12-6+. The number of benzene rings is 2. The molecule has 0 radical (unpaired) electrons. The van der Waals surface area contributed by atoms with E-state index >= 15 is 0 Å². The zero-order chi connectivity index (χ0) is 16.8. The fourth-order valence-electron chi connectivity index (χ4n) is 1.85. The molecule has 2 aromatic rings. The second-order valence-electron chi connectivity index (χ2n) is 4.53. The molecule has 0 aromatic heterocycles. The largest absolute Gasteiger partial charge is 0.497 e. The smallest absolute Gasteiger partial charge is 0.266 e. The summed E-state index contributed by atoms with van der Waals surface area (Å²) in [6.45, 7) is 0. The molecule has 116 valence electrons. The first-order valence-corrected chi connectivity index (χ1v) is 6.93. The molecule has 2 rings (SSSR count). The minimum absolute atomic E-state index is 0.00215. The summed E-state index contributed by atoms with van der Waals surface area (Å²) in [6, 6.07) is 12.3. The molecule has 0 unspecified atom stereocenters. The van der Waals surface area contributed by atoms with Gasteiger partial charge in [0, 0.05) is 5.02 Å². The monoisotopic (exact) mass is 330 g/mol. The van der Waals surface area contributed by atoms with Gasteiger partial charge in [0.15, 0.2) is 0 Å². The van der Waals surface area contributed by atoms with E-state index in [1.807, 2.05) is 0 Å². The van der Waals surface area contributed by atoms with E-state index in [2.05, 4.69) is 5.32 Å². The number of methoxy groups -OCH3 is 1. The van der Waals surface area contributed by atoms with Gasteiger partial charge in [0.1, 0.15) is 23.2 Å². The van der Waals surface area contributed by atoms with Crippen molar-refractivity contribution in [3.05, 3.63) is 64.4 Å². The van der Waals surface area contributed by atoms with E-state index in [1.54, 1.807) is 30.3 Å². The number of para-hydroxylation sites is 1. The van der Waals surface area contributed by atoms with Gasteiger partial charge in [-0.25, -0.2) is 4.39 Å². The van der Waals surface area contributed by atoms with Gasteiger partial charge >= 0.3 is 0 Å². The molecular formula is C17H12ClFN2O2. The van der Waals surface area contributed by atoms with Crippen LogP contribution in [0.3, 0.4) is 0 Å². The van der Waals surface area contributed by atoms with Crippen molar-refractivity contribution in [3.8, 4) is 11.8 Å². The number of anilines is 1. The number of rotatable bonds is 4. The van der Waals surface area contributed by atoms with Gasteiger partial charge in [-0.3, -0.25) is 4.79 Å². The van der Waals surface area contributed by atoms with Crippen molar-refractivity contribution >= 4 is 29.3 Å². The molecule has 0 aliphatic rings. The molecule has 0 aliphatic heterocycles. The van der Waals surface area contributed by atoms with Crippen LogP contribution in [0.15, 0.2) is 48.0 Å². The van der Waals surface area contributed by atoms with E-state index in [9.17, 15) is 9.18 Å². The fraction of sp³-hybridized carbons (Fsp3) is 0.0588. The van der Waals surface area contributed by atoms with E-state index < -0.39 is 11.7 Å². The number of amides is 1. The predicted octanol–water partition coefficient (Wildman–Crippen LogP) is 4.03. The van der Waals surface area contributed by atoms with E-state index in [1.165, 1.54) is 31.4 Å². The quantitative estimate of drug-likeness (QED) is 0.680. The van der Waals surface area contributed by atoms with Crippen LogP contribution in [0, 0.1) is 17.1 Å². The van der Waals surface area contributed by atoms with Gasteiger partial charge in [-0.1, -0.05) is 23.7 Å². The molecule has 2 aromatic carbocycles. The number of nitrogens with one attached hydrogen (secondary N) is 1. The van der Waals surface area contributed by atoms with Crippen LogP contribution in [-0.4, -0.2) is 13.0 Å². The van der Waals surface area contributed by atoms with Crippen molar-refractivity contribution in [2.45, 2.75) is 0 Å². The number of nitriles is 1. The zero-order valence-corrected chi connectivity index (χ0v) is 12.9. The number of halogens is 2. The Kier molecular flexibility index (Phi) is 5.34. The summed E-state index contributed by atoms with van der Waals surface area (Å²) < 4.78 is 18.6. The van der Waals surface area contributed by atoms with Crippen LogP contribution in [0.1, 0.15) is 5.56 Å². The molecule has 1 amide bonds. The third-order valence-electron chi connectivity index (χ3n) is 2.93. The molecule has 23 heavy (non-hydrogen) atoms. The Morgan fingerprint density at radius 1 is 1.35 bits per heavy atom. The highest BCUT2D eigenvalue weighted by molar-refractivity contribution is 6.30. The van der Waals surface area contributed by atoms with Crippen molar-refractivity contribution in [1.29, 1.82) is 5.26 Å². The summed E-state index contributed by atoms with van der Waals surface area (Å²) >= 11 is 5.94. The summed E-state index contributed by atoms with van der Waals surface area (Å²) in [4.78, 5) is 12.1. The molecule has 0 bridgehead atoms. The van der Waals surface area contributed by atoms with Crippen molar-refractivity contribution < 1.29 is 13.9 Å². The van der Waals surface area contributed by atoms with Crippen LogP contribution < -0.4 is 10.1 Å². The van der Waals surface area contributed by atoms with Crippen molar-refractivity contribution in [1.82, 2.24) is 0 Å². The average Bonchev–Trinajstić information content (AvgIpc) is 2.54. The molecular weight excluding hydrogens is 319 g/mol. The van der Waals surface area contributed by atoms with Crippen molar-refractivity contribution in [2.24, 2.45) is 0 Å². The number of hydrogen-bond donors (Lipinski definition) is 1. The summed E-state index contributed by atoms with van der Waals surface area (Å²) in [5, 5.41) is 11.9. The number of hydrogen-bond acceptors (Lipinski definition) is 3. The van der Waals surface area contributed by atoms with Gasteiger partial charge in [-0.2, -0.15) is 5.26 Å². The Balaban J connectivity index is 2.29. The zero-order valence-electron chi connectivity index (χ0n) is 12.1. The lowest BCUT2D eigenvalue weighted by Gasteiger charge is -2.06. The number of carbonyl (C=O) groups is 1. The molecule has 0 saturated heterocycles. The lowest BCUT2D eigenvalue weighted by molar-refractivity contribution is -0.112. The number of ether oxygens (including phenoxy) is 1. The van der Waals surface area contributed by atoms with Crippen molar-refractivity contribution in [2.75, 3.05) is 12.4 Å². The number of nitrogens with zero attached hydrogens (tertiary/aromatic N) is 1. The highest BCUT2D eigenvalue weighted by Crippen LogP contribution is 2.23. The van der Waals surface area contributed by atoms with E-state index in [0.29, 0.717) is 16.3 Å². The molecule has 6 heteroatoms.